The predicted octanol–water partition coefficient (Wildman–Crippen LogP) is 4.94. The summed E-state index contributed by atoms with van der Waals surface area (Å²) in [6, 6.07) is 7.52. The second-order valence-electron chi connectivity index (χ2n) is 8.87. The molecule has 2 fully saturated rings. The van der Waals surface area contributed by atoms with Gasteiger partial charge in [-0.1, -0.05) is 12.5 Å². The van der Waals surface area contributed by atoms with Gasteiger partial charge in [0, 0.05) is 17.9 Å². The lowest BCUT2D eigenvalue weighted by Crippen LogP contribution is -2.42. The average Bonchev–Trinajstić information content (AvgIpc) is 3.41. The van der Waals surface area contributed by atoms with Crippen LogP contribution in [0.25, 0.3) is 0 Å². The van der Waals surface area contributed by atoms with Crippen LogP contribution in [-0.4, -0.2) is 29.5 Å². The fourth-order valence-electron chi connectivity index (χ4n) is 5.10. The van der Waals surface area contributed by atoms with Crippen LogP contribution < -0.4 is 10.6 Å². The molecule has 0 aliphatic heterocycles. The number of nitrogens with one attached hydrogen (secondary N) is 2. The Balaban J connectivity index is 1.35. The van der Waals surface area contributed by atoms with E-state index in [9.17, 15) is 22.8 Å². The Bertz CT molecular complexity index is 1030. The molecule has 4 rings (SSSR count). The van der Waals surface area contributed by atoms with E-state index in [1.165, 1.54) is 49.7 Å². The summed E-state index contributed by atoms with van der Waals surface area (Å²) in [5, 5.41) is 5.66. The number of carbonyl (C=O) groups is 2. The van der Waals surface area contributed by atoms with Gasteiger partial charge in [-0.05, 0) is 74.3 Å². The Morgan fingerprint density at radius 3 is 2.70 bits per heavy atom. The molecular formula is C24H26F3N3O3. The van der Waals surface area contributed by atoms with E-state index in [2.05, 4.69) is 15.6 Å². The van der Waals surface area contributed by atoms with Crippen molar-refractivity contribution in [3.63, 3.8) is 0 Å². The lowest BCUT2D eigenvalue weighted by Gasteiger charge is -2.28. The minimum Gasteiger partial charge on any atom is -0.452 e. The molecular weight excluding hydrogens is 435 g/mol. The summed E-state index contributed by atoms with van der Waals surface area (Å²) in [6.45, 7) is 1.55. The molecule has 2 saturated carbocycles. The van der Waals surface area contributed by atoms with Crippen molar-refractivity contribution in [3.05, 3.63) is 53.7 Å². The maximum atomic E-state index is 13.0. The number of nitrogens with zero attached hydrogens (tertiary/aromatic N) is 1. The number of hydrogen-bond donors (Lipinski definition) is 2. The molecule has 1 aromatic carbocycles. The minimum atomic E-state index is -4.49. The van der Waals surface area contributed by atoms with E-state index in [0.29, 0.717) is 11.8 Å². The van der Waals surface area contributed by atoms with Crippen LogP contribution in [0.4, 0.5) is 24.7 Å². The Hall–Kier alpha value is -3.10. The Morgan fingerprint density at radius 2 is 2.00 bits per heavy atom. The van der Waals surface area contributed by atoms with Crippen molar-refractivity contribution in [3.8, 4) is 0 Å². The number of ether oxygens (including phenoxy) is 1. The van der Waals surface area contributed by atoms with E-state index < -0.39 is 24.3 Å². The third-order valence-electron chi connectivity index (χ3n) is 6.64. The van der Waals surface area contributed by atoms with Gasteiger partial charge in [-0.15, -0.1) is 0 Å². The number of rotatable bonds is 7. The largest absolute Gasteiger partial charge is 0.452 e. The zero-order chi connectivity index (χ0) is 23.6. The number of alkyl halides is 3. The molecule has 176 valence electrons. The molecule has 9 heteroatoms. The van der Waals surface area contributed by atoms with Crippen molar-refractivity contribution in [1.29, 1.82) is 0 Å². The Kier molecular flexibility index (Phi) is 6.58. The van der Waals surface area contributed by atoms with Gasteiger partial charge >= 0.3 is 12.1 Å². The van der Waals surface area contributed by atoms with Crippen LogP contribution in [-0.2, 0) is 15.7 Å². The average molecular weight is 461 g/mol. The van der Waals surface area contributed by atoms with Crippen molar-refractivity contribution >= 4 is 23.4 Å². The molecule has 1 aromatic heterocycles. The Labute approximate surface area is 189 Å². The van der Waals surface area contributed by atoms with E-state index in [4.69, 9.17) is 4.74 Å². The maximum Gasteiger partial charge on any atom is 0.416 e. The molecule has 0 saturated heterocycles. The van der Waals surface area contributed by atoms with Crippen molar-refractivity contribution in [2.75, 3.05) is 11.9 Å². The first-order valence-electron chi connectivity index (χ1n) is 11.1. The smallest absolute Gasteiger partial charge is 0.416 e. The number of fused-ring (bicyclic) bond motifs is 2. The van der Waals surface area contributed by atoms with Gasteiger partial charge in [0.15, 0.2) is 6.61 Å². The van der Waals surface area contributed by atoms with E-state index in [0.717, 1.165) is 24.5 Å². The van der Waals surface area contributed by atoms with Crippen LogP contribution in [0, 0.1) is 17.8 Å². The highest BCUT2D eigenvalue weighted by atomic mass is 19.4. The molecule has 0 unspecified atom stereocenters. The van der Waals surface area contributed by atoms with Crippen molar-refractivity contribution in [2.45, 2.75) is 44.8 Å². The summed E-state index contributed by atoms with van der Waals surface area (Å²) in [6.07, 6.45) is 1.77. The Morgan fingerprint density at radius 1 is 1.18 bits per heavy atom. The summed E-state index contributed by atoms with van der Waals surface area (Å²) in [5.74, 6) is 0.760. The SMILES string of the molecule is C[C@H](NC(=O)COC(=O)c1cccnc1Nc1cccc(C(F)(F)F)c1)[C@@H]1C[C@H]2CC[C@H]1C2. The van der Waals surface area contributed by atoms with Gasteiger partial charge in [-0.3, -0.25) is 4.79 Å². The number of halogens is 3. The normalized spacial score (nSPS) is 22.6. The number of carbonyl (C=O) groups excluding carboxylic acids is 2. The van der Waals surface area contributed by atoms with E-state index in [-0.39, 0.29) is 29.0 Å². The third-order valence-corrected chi connectivity index (χ3v) is 6.64. The van der Waals surface area contributed by atoms with Crippen molar-refractivity contribution in [1.82, 2.24) is 10.3 Å². The molecule has 6 nitrogen and oxygen atoms in total. The molecule has 0 spiro atoms. The van der Waals surface area contributed by atoms with Crippen LogP contribution in [0.5, 0.6) is 0 Å². The minimum absolute atomic E-state index is 0.0167. The molecule has 0 radical (unpaired) electrons. The van der Waals surface area contributed by atoms with Crippen LogP contribution in [0.15, 0.2) is 42.6 Å². The number of hydrogen-bond acceptors (Lipinski definition) is 5. The summed E-state index contributed by atoms with van der Waals surface area (Å²) in [5.41, 5.74) is -0.687. The molecule has 2 aromatic rings. The number of esters is 1. The van der Waals surface area contributed by atoms with Gasteiger partial charge < -0.3 is 15.4 Å². The van der Waals surface area contributed by atoms with Crippen LogP contribution in [0.1, 0.15) is 48.5 Å². The number of pyridine rings is 1. The second kappa shape index (κ2) is 9.41. The lowest BCUT2D eigenvalue weighted by molar-refractivity contribution is -0.137. The van der Waals surface area contributed by atoms with Crippen LogP contribution >= 0.6 is 0 Å². The van der Waals surface area contributed by atoms with Crippen LogP contribution in [0.2, 0.25) is 0 Å². The standard InChI is InChI=1S/C24H26F3N3O3/c1-14(20-11-15-7-8-16(20)10-15)29-21(31)13-33-23(32)19-6-3-9-28-22(19)30-18-5-2-4-17(12-18)24(25,26)27/h2-6,9,12,14-16,20H,7-8,10-11,13H2,1H3,(H,28,30)(H,29,31)/t14-,15-,16-,20-/m0/s1. The monoisotopic (exact) mass is 461 g/mol. The van der Waals surface area contributed by atoms with Crippen molar-refractivity contribution < 1.29 is 27.5 Å². The summed E-state index contributed by atoms with van der Waals surface area (Å²) >= 11 is 0. The third kappa shape index (κ3) is 5.46. The first kappa shape index (κ1) is 23.1. The molecule has 33 heavy (non-hydrogen) atoms. The molecule has 2 aliphatic carbocycles. The summed E-state index contributed by atoms with van der Waals surface area (Å²) in [7, 11) is 0. The van der Waals surface area contributed by atoms with Gasteiger partial charge in [0.2, 0.25) is 0 Å². The van der Waals surface area contributed by atoms with E-state index in [1.54, 1.807) is 0 Å². The highest BCUT2D eigenvalue weighted by molar-refractivity contribution is 5.96. The lowest BCUT2D eigenvalue weighted by atomic mass is 9.84. The van der Waals surface area contributed by atoms with Gasteiger partial charge in [0.05, 0.1) is 5.56 Å². The predicted molar refractivity (Wildman–Crippen MR) is 116 cm³/mol. The molecule has 1 amide bonds. The number of anilines is 2. The molecule has 1 heterocycles. The van der Waals surface area contributed by atoms with Gasteiger partial charge in [-0.2, -0.15) is 13.2 Å². The van der Waals surface area contributed by atoms with Gasteiger partial charge in [-0.25, -0.2) is 9.78 Å². The fourth-order valence-corrected chi connectivity index (χ4v) is 5.10. The zero-order valence-corrected chi connectivity index (χ0v) is 18.2. The molecule has 2 aliphatic rings. The topological polar surface area (TPSA) is 80.3 Å². The van der Waals surface area contributed by atoms with Crippen molar-refractivity contribution in [2.24, 2.45) is 17.8 Å². The maximum absolute atomic E-state index is 13.0. The van der Waals surface area contributed by atoms with Gasteiger partial charge in [0.25, 0.3) is 5.91 Å². The van der Waals surface area contributed by atoms with E-state index in [1.807, 2.05) is 6.92 Å². The van der Waals surface area contributed by atoms with E-state index >= 15 is 0 Å². The first-order valence-corrected chi connectivity index (χ1v) is 11.1. The number of amides is 1. The quantitative estimate of drug-likeness (QED) is 0.571. The second-order valence-corrected chi connectivity index (χ2v) is 8.87. The summed E-state index contributed by atoms with van der Waals surface area (Å²) in [4.78, 5) is 28.9. The molecule has 2 N–H and O–H groups in total. The highest BCUT2D eigenvalue weighted by Gasteiger charge is 2.42. The van der Waals surface area contributed by atoms with Crippen LogP contribution in [0.3, 0.4) is 0 Å². The number of aromatic nitrogens is 1. The molecule has 4 atom stereocenters. The fraction of sp³-hybridized carbons (Fsp3) is 0.458. The van der Waals surface area contributed by atoms with Gasteiger partial charge in [0.1, 0.15) is 11.4 Å². The molecule has 2 bridgehead atoms. The number of benzene rings is 1. The first-order chi connectivity index (χ1) is 15.7. The summed E-state index contributed by atoms with van der Waals surface area (Å²) < 4.78 is 44.1. The highest BCUT2D eigenvalue weighted by Crippen LogP contribution is 2.49. The zero-order valence-electron chi connectivity index (χ0n) is 18.2.